The zero-order valence-electron chi connectivity index (χ0n) is 11.0. The molecule has 104 valence electrons. The fraction of sp³-hybridized carbons (Fsp3) is 0.286. The van der Waals surface area contributed by atoms with E-state index in [2.05, 4.69) is 27.6 Å². The highest BCUT2D eigenvalue weighted by Crippen LogP contribution is 2.21. The van der Waals surface area contributed by atoms with Gasteiger partial charge in [-0.1, -0.05) is 6.58 Å². The maximum atomic E-state index is 12.1. The number of carbonyl (C=O) groups is 1. The SMILES string of the molecule is C=C(NNC(=O)c1n[nH]c2c1CCCC2)c1ccco1. The number of hydrazine groups is 1. The van der Waals surface area contributed by atoms with Gasteiger partial charge in [-0.15, -0.1) is 0 Å². The van der Waals surface area contributed by atoms with E-state index in [1.165, 1.54) is 0 Å². The number of hydrogen-bond acceptors (Lipinski definition) is 4. The van der Waals surface area contributed by atoms with Crippen molar-refractivity contribution >= 4 is 11.6 Å². The minimum Gasteiger partial charge on any atom is -0.463 e. The summed E-state index contributed by atoms with van der Waals surface area (Å²) in [4.78, 5) is 12.1. The van der Waals surface area contributed by atoms with Crippen LogP contribution in [0, 0.1) is 0 Å². The van der Waals surface area contributed by atoms with Gasteiger partial charge in [-0.3, -0.25) is 20.7 Å². The average molecular weight is 272 g/mol. The molecule has 0 fully saturated rings. The summed E-state index contributed by atoms with van der Waals surface area (Å²) < 4.78 is 5.17. The zero-order valence-corrected chi connectivity index (χ0v) is 11.0. The first-order valence-electron chi connectivity index (χ1n) is 6.61. The van der Waals surface area contributed by atoms with Crippen LogP contribution in [0.5, 0.6) is 0 Å². The number of carbonyl (C=O) groups excluding carboxylic acids is 1. The minimum atomic E-state index is -0.267. The Morgan fingerprint density at radius 3 is 3.00 bits per heavy atom. The highest BCUT2D eigenvalue weighted by atomic mass is 16.3. The van der Waals surface area contributed by atoms with Crippen molar-refractivity contribution in [1.29, 1.82) is 0 Å². The number of amides is 1. The molecule has 2 heterocycles. The molecule has 6 nitrogen and oxygen atoms in total. The number of rotatable bonds is 4. The predicted molar refractivity (Wildman–Crippen MR) is 73.6 cm³/mol. The molecule has 0 saturated heterocycles. The summed E-state index contributed by atoms with van der Waals surface area (Å²) in [6, 6.07) is 3.52. The monoisotopic (exact) mass is 272 g/mol. The Morgan fingerprint density at radius 1 is 1.35 bits per heavy atom. The number of furan rings is 1. The summed E-state index contributed by atoms with van der Waals surface area (Å²) in [6.45, 7) is 3.79. The summed E-state index contributed by atoms with van der Waals surface area (Å²) in [5.41, 5.74) is 8.38. The van der Waals surface area contributed by atoms with Gasteiger partial charge in [-0.05, 0) is 37.8 Å². The summed E-state index contributed by atoms with van der Waals surface area (Å²) >= 11 is 0. The number of nitrogens with one attached hydrogen (secondary N) is 3. The van der Waals surface area contributed by atoms with Gasteiger partial charge in [0.1, 0.15) is 0 Å². The summed E-state index contributed by atoms with van der Waals surface area (Å²) in [6.07, 6.45) is 5.65. The van der Waals surface area contributed by atoms with E-state index in [0.717, 1.165) is 36.9 Å². The molecular formula is C14H16N4O2. The first-order valence-corrected chi connectivity index (χ1v) is 6.61. The number of aromatic amines is 1. The van der Waals surface area contributed by atoms with Gasteiger partial charge in [0.2, 0.25) is 0 Å². The maximum absolute atomic E-state index is 12.1. The third kappa shape index (κ3) is 2.32. The second-order valence-corrected chi connectivity index (χ2v) is 4.77. The van der Waals surface area contributed by atoms with E-state index in [9.17, 15) is 4.79 Å². The normalized spacial score (nSPS) is 13.6. The fourth-order valence-corrected chi connectivity index (χ4v) is 2.37. The van der Waals surface area contributed by atoms with Crippen LogP contribution < -0.4 is 10.9 Å². The van der Waals surface area contributed by atoms with Crippen molar-refractivity contribution in [3.05, 3.63) is 47.7 Å². The van der Waals surface area contributed by atoms with Crippen molar-refractivity contribution in [2.75, 3.05) is 0 Å². The average Bonchev–Trinajstić information content (AvgIpc) is 3.13. The van der Waals surface area contributed by atoms with Crippen LogP contribution >= 0.6 is 0 Å². The van der Waals surface area contributed by atoms with Crippen LogP contribution in [0.2, 0.25) is 0 Å². The lowest BCUT2D eigenvalue weighted by Crippen LogP contribution is -2.36. The Bertz CT molecular complexity index is 628. The van der Waals surface area contributed by atoms with Crippen molar-refractivity contribution in [2.45, 2.75) is 25.7 Å². The van der Waals surface area contributed by atoms with Gasteiger partial charge in [0.15, 0.2) is 11.5 Å². The Balaban J connectivity index is 1.65. The predicted octanol–water partition coefficient (Wildman–Crippen LogP) is 1.79. The highest BCUT2D eigenvalue weighted by molar-refractivity contribution is 5.94. The van der Waals surface area contributed by atoms with E-state index in [-0.39, 0.29) is 5.91 Å². The zero-order chi connectivity index (χ0) is 13.9. The molecular weight excluding hydrogens is 256 g/mol. The van der Waals surface area contributed by atoms with E-state index in [1.54, 1.807) is 18.4 Å². The number of nitrogens with zero attached hydrogens (tertiary/aromatic N) is 1. The van der Waals surface area contributed by atoms with Gasteiger partial charge in [-0.2, -0.15) is 5.10 Å². The van der Waals surface area contributed by atoms with E-state index in [4.69, 9.17) is 4.42 Å². The summed E-state index contributed by atoms with van der Waals surface area (Å²) in [5, 5.41) is 7.05. The maximum Gasteiger partial charge on any atom is 0.290 e. The Hall–Kier alpha value is -2.50. The minimum absolute atomic E-state index is 0.267. The Morgan fingerprint density at radius 2 is 2.20 bits per heavy atom. The molecule has 20 heavy (non-hydrogen) atoms. The standard InChI is InChI=1S/C14H16N4O2/c1-9(12-7-4-8-20-12)15-18-14(19)13-10-5-2-3-6-11(10)16-17-13/h4,7-8,15H,1-3,5-6H2,(H,16,17)(H,18,19). The van der Waals surface area contributed by atoms with Crippen LogP contribution in [-0.2, 0) is 12.8 Å². The number of aryl methyl sites for hydroxylation is 1. The van der Waals surface area contributed by atoms with Crippen LogP contribution in [-0.4, -0.2) is 16.1 Å². The molecule has 3 N–H and O–H groups in total. The van der Waals surface area contributed by atoms with Crippen LogP contribution in [0.1, 0.15) is 40.3 Å². The molecule has 0 saturated carbocycles. The smallest absolute Gasteiger partial charge is 0.290 e. The second-order valence-electron chi connectivity index (χ2n) is 4.77. The molecule has 3 rings (SSSR count). The van der Waals surface area contributed by atoms with Crippen LogP contribution in [0.4, 0.5) is 0 Å². The number of hydrogen-bond donors (Lipinski definition) is 3. The first-order chi connectivity index (χ1) is 9.75. The van der Waals surface area contributed by atoms with E-state index < -0.39 is 0 Å². The molecule has 6 heteroatoms. The lowest BCUT2D eigenvalue weighted by molar-refractivity contribution is 0.0936. The first kappa shape index (κ1) is 12.5. The molecule has 0 aliphatic heterocycles. The fourth-order valence-electron chi connectivity index (χ4n) is 2.37. The molecule has 0 unspecified atom stereocenters. The molecule has 2 aromatic rings. The van der Waals surface area contributed by atoms with E-state index in [0.29, 0.717) is 17.2 Å². The molecule has 0 aromatic carbocycles. The molecule has 0 spiro atoms. The molecule has 1 aliphatic rings. The topological polar surface area (TPSA) is 83.0 Å². The van der Waals surface area contributed by atoms with Crippen molar-refractivity contribution in [3.63, 3.8) is 0 Å². The van der Waals surface area contributed by atoms with Gasteiger partial charge in [-0.25, -0.2) is 0 Å². The van der Waals surface area contributed by atoms with Crippen molar-refractivity contribution < 1.29 is 9.21 Å². The van der Waals surface area contributed by atoms with Gasteiger partial charge >= 0.3 is 0 Å². The van der Waals surface area contributed by atoms with Crippen molar-refractivity contribution in [2.24, 2.45) is 0 Å². The van der Waals surface area contributed by atoms with Gasteiger partial charge in [0.05, 0.1) is 12.0 Å². The summed E-state index contributed by atoms with van der Waals surface area (Å²) in [5.74, 6) is 0.312. The van der Waals surface area contributed by atoms with E-state index in [1.807, 2.05) is 0 Å². The van der Waals surface area contributed by atoms with Gasteiger partial charge in [0, 0.05) is 11.3 Å². The third-order valence-corrected chi connectivity index (χ3v) is 3.42. The molecule has 2 aromatic heterocycles. The molecule has 0 radical (unpaired) electrons. The number of aromatic nitrogens is 2. The molecule has 0 bridgehead atoms. The molecule has 0 atom stereocenters. The van der Waals surface area contributed by atoms with Crippen LogP contribution in [0.3, 0.4) is 0 Å². The van der Waals surface area contributed by atoms with Crippen LogP contribution in [0.25, 0.3) is 5.70 Å². The van der Waals surface area contributed by atoms with Crippen molar-refractivity contribution in [3.8, 4) is 0 Å². The third-order valence-electron chi connectivity index (χ3n) is 3.42. The number of H-pyrrole nitrogens is 1. The Labute approximate surface area is 116 Å². The second kappa shape index (κ2) is 5.24. The van der Waals surface area contributed by atoms with Crippen molar-refractivity contribution in [1.82, 2.24) is 21.0 Å². The highest BCUT2D eigenvalue weighted by Gasteiger charge is 2.21. The lowest BCUT2D eigenvalue weighted by Gasteiger charge is -2.12. The van der Waals surface area contributed by atoms with Crippen LogP contribution in [0.15, 0.2) is 29.4 Å². The largest absolute Gasteiger partial charge is 0.463 e. The number of fused-ring (bicyclic) bond motifs is 1. The molecule has 1 amide bonds. The Kier molecular flexibility index (Phi) is 3.28. The van der Waals surface area contributed by atoms with E-state index >= 15 is 0 Å². The lowest BCUT2D eigenvalue weighted by atomic mass is 9.96. The summed E-state index contributed by atoms with van der Waals surface area (Å²) in [7, 11) is 0. The van der Waals surface area contributed by atoms with Gasteiger partial charge in [0.25, 0.3) is 5.91 Å². The quantitative estimate of drug-likeness (QED) is 0.741. The van der Waals surface area contributed by atoms with Gasteiger partial charge < -0.3 is 4.42 Å². The molecule has 1 aliphatic carbocycles.